The van der Waals surface area contributed by atoms with Crippen molar-refractivity contribution in [2.75, 3.05) is 42.7 Å². The molecule has 1 aliphatic heterocycles. The van der Waals surface area contributed by atoms with Crippen LogP contribution in [0.5, 0.6) is 0 Å². The number of aryl methyl sites for hydroxylation is 1. The number of anilines is 4. The molecule has 9 nitrogen and oxygen atoms in total. The third-order valence-corrected chi connectivity index (χ3v) is 6.61. The second-order valence-electron chi connectivity index (χ2n) is 9.84. The first kappa shape index (κ1) is 27.7. The van der Waals surface area contributed by atoms with Gasteiger partial charge in [-0.2, -0.15) is 4.98 Å². The predicted octanol–water partition coefficient (Wildman–Crippen LogP) is 5.32. The number of aromatic nitrogens is 2. The van der Waals surface area contributed by atoms with Crippen LogP contribution in [-0.4, -0.2) is 54.0 Å². The second kappa shape index (κ2) is 11.7. The number of nitrogens with one attached hydrogen (secondary N) is 3. The highest BCUT2D eigenvalue weighted by atomic mass is 19.1. The van der Waals surface area contributed by atoms with E-state index in [1.165, 1.54) is 6.07 Å². The molecular formula is C30H29F2N7O2. The molecule has 3 N–H and O–H groups in total. The summed E-state index contributed by atoms with van der Waals surface area (Å²) < 4.78 is 29.9. The maximum absolute atomic E-state index is 14.9. The van der Waals surface area contributed by atoms with Gasteiger partial charge in [0.05, 0.1) is 12.2 Å². The fourth-order valence-electron chi connectivity index (χ4n) is 4.51. The zero-order valence-corrected chi connectivity index (χ0v) is 22.8. The molecule has 5 rings (SSSR count). The van der Waals surface area contributed by atoms with Gasteiger partial charge < -0.3 is 20.9 Å². The van der Waals surface area contributed by atoms with Crippen LogP contribution in [0.25, 0.3) is 11.3 Å². The number of amides is 3. The number of hydrogen-bond acceptors (Lipinski definition) is 6. The van der Waals surface area contributed by atoms with Gasteiger partial charge in [0.15, 0.2) is 5.82 Å². The minimum Gasteiger partial charge on any atom is -0.353 e. The van der Waals surface area contributed by atoms with Crippen molar-refractivity contribution in [2.24, 2.45) is 0 Å². The number of hydrogen-bond donors (Lipinski definition) is 3. The van der Waals surface area contributed by atoms with Crippen LogP contribution in [0.1, 0.15) is 21.5 Å². The molecule has 0 saturated carbocycles. The number of rotatable bonds is 8. The Kier molecular flexibility index (Phi) is 7.88. The van der Waals surface area contributed by atoms with Crippen LogP contribution >= 0.6 is 0 Å². The van der Waals surface area contributed by atoms with Crippen LogP contribution < -0.4 is 20.9 Å². The lowest BCUT2D eigenvalue weighted by atomic mass is 9.97. The molecule has 3 aromatic carbocycles. The summed E-state index contributed by atoms with van der Waals surface area (Å²) in [5, 5.41) is 8.72. The van der Waals surface area contributed by atoms with E-state index in [4.69, 9.17) is 4.98 Å². The molecule has 0 aliphatic carbocycles. The topological polar surface area (TPSA) is 102 Å². The Bertz CT molecular complexity index is 1590. The summed E-state index contributed by atoms with van der Waals surface area (Å²) in [6, 6.07) is 17.0. The lowest BCUT2D eigenvalue weighted by Gasteiger charge is -2.31. The zero-order valence-electron chi connectivity index (χ0n) is 22.8. The molecule has 1 aliphatic rings. The quantitative estimate of drug-likeness (QED) is 0.271. The number of nitrogens with zero attached hydrogens (tertiary/aromatic N) is 4. The van der Waals surface area contributed by atoms with Crippen molar-refractivity contribution in [1.29, 1.82) is 0 Å². The monoisotopic (exact) mass is 557 g/mol. The van der Waals surface area contributed by atoms with Crippen molar-refractivity contribution in [3.05, 3.63) is 95.1 Å². The van der Waals surface area contributed by atoms with Crippen molar-refractivity contribution in [3.8, 4) is 11.3 Å². The van der Waals surface area contributed by atoms with Crippen molar-refractivity contribution in [2.45, 2.75) is 13.5 Å². The van der Waals surface area contributed by atoms with Gasteiger partial charge in [-0.15, -0.1) is 0 Å². The highest BCUT2D eigenvalue weighted by molar-refractivity contribution is 6.05. The summed E-state index contributed by atoms with van der Waals surface area (Å²) in [6.45, 7) is 3.03. The van der Waals surface area contributed by atoms with E-state index in [9.17, 15) is 18.4 Å². The maximum atomic E-state index is 14.9. The Labute approximate surface area is 236 Å². The average Bonchev–Trinajstić information content (AvgIpc) is 2.94. The van der Waals surface area contributed by atoms with E-state index in [0.717, 1.165) is 22.6 Å². The van der Waals surface area contributed by atoms with Gasteiger partial charge in [-0.3, -0.25) is 4.79 Å². The molecule has 0 spiro atoms. The Hall–Kier alpha value is -4.90. The summed E-state index contributed by atoms with van der Waals surface area (Å²) >= 11 is 0. The number of carbonyl (C=O) groups excluding carboxylic acids is 2. The normalized spacial score (nSPS) is 12.6. The van der Waals surface area contributed by atoms with E-state index < -0.39 is 23.4 Å². The van der Waals surface area contributed by atoms with Crippen LogP contribution in [0.15, 0.2) is 66.7 Å². The number of carbonyl (C=O) groups is 2. The van der Waals surface area contributed by atoms with Crippen molar-refractivity contribution >= 4 is 35.1 Å². The Morgan fingerprint density at radius 1 is 1.02 bits per heavy atom. The van der Waals surface area contributed by atoms with E-state index in [0.29, 0.717) is 41.2 Å². The summed E-state index contributed by atoms with van der Waals surface area (Å²) in [4.78, 5) is 38.3. The molecule has 0 fully saturated rings. The molecule has 11 heteroatoms. The van der Waals surface area contributed by atoms with E-state index in [1.54, 1.807) is 30.3 Å². The van der Waals surface area contributed by atoms with Gasteiger partial charge in [-0.05, 0) is 63.0 Å². The van der Waals surface area contributed by atoms with Crippen molar-refractivity contribution in [3.63, 3.8) is 0 Å². The van der Waals surface area contributed by atoms with Gasteiger partial charge >= 0.3 is 6.03 Å². The zero-order chi connectivity index (χ0) is 29.1. The summed E-state index contributed by atoms with van der Waals surface area (Å²) in [7, 11) is 3.84. The number of likely N-dealkylation sites (N-methyl/N-ethyl adjacent to an activating group) is 1. The lowest BCUT2D eigenvalue weighted by molar-refractivity contribution is 0.102. The minimum atomic E-state index is -0.911. The van der Waals surface area contributed by atoms with Gasteiger partial charge in [0.1, 0.15) is 17.3 Å². The number of urea groups is 1. The van der Waals surface area contributed by atoms with Crippen LogP contribution in [0.3, 0.4) is 0 Å². The van der Waals surface area contributed by atoms with E-state index in [-0.39, 0.29) is 24.2 Å². The number of halogens is 2. The third-order valence-electron chi connectivity index (χ3n) is 6.61. The molecule has 2 heterocycles. The highest BCUT2D eigenvalue weighted by Crippen LogP contribution is 2.39. The van der Waals surface area contributed by atoms with Gasteiger partial charge in [0.2, 0.25) is 5.95 Å². The Balaban J connectivity index is 1.64. The molecule has 3 amide bonds. The van der Waals surface area contributed by atoms with Crippen molar-refractivity contribution < 1.29 is 18.4 Å². The smallest absolute Gasteiger partial charge is 0.328 e. The lowest BCUT2D eigenvalue weighted by Crippen LogP contribution is -2.43. The number of benzene rings is 3. The first-order chi connectivity index (χ1) is 19.7. The van der Waals surface area contributed by atoms with Gasteiger partial charge in [0.25, 0.3) is 5.91 Å². The van der Waals surface area contributed by atoms with Crippen LogP contribution in [0.4, 0.5) is 36.7 Å². The fraction of sp³-hybridized carbons (Fsp3) is 0.200. The SMILES string of the molecule is Cc1ccc(C(=O)Nc2ccccc2)cc1-c1nc(NCCN(C)C)nc2c1CNC(=O)N2c1c(F)cccc1F. The van der Waals surface area contributed by atoms with E-state index in [1.807, 2.05) is 44.1 Å². The minimum absolute atomic E-state index is 0.0218. The summed E-state index contributed by atoms with van der Waals surface area (Å²) in [6.07, 6.45) is 0. The summed E-state index contributed by atoms with van der Waals surface area (Å²) in [5.41, 5.74) is 2.80. The molecular weight excluding hydrogens is 528 g/mol. The average molecular weight is 558 g/mol. The number of fused-ring (bicyclic) bond motifs is 1. The number of para-hydroxylation sites is 2. The third kappa shape index (κ3) is 5.85. The Morgan fingerprint density at radius 3 is 2.46 bits per heavy atom. The molecule has 0 radical (unpaired) electrons. The Morgan fingerprint density at radius 2 is 1.76 bits per heavy atom. The molecule has 210 valence electrons. The van der Waals surface area contributed by atoms with E-state index >= 15 is 0 Å². The van der Waals surface area contributed by atoms with Gasteiger partial charge in [-0.1, -0.05) is 30.3 Å². The van der Waals surface area contributed by atoms with E-state index in [2.05, 4.69) is 20.9 Å². The maximum Gasteiger partial charge on any atom is 0.328 e. The summed E-state index contributed by atoms with van der Waals surface area (Å²) in [5.74, 6) is -1.91. The molecule has 41 heavy (non-hydrogen) atoms. The first-order valence-electron chi connectivity index (χ1n) is 13.0. The molecule has 0 atom stereocenters. The molecule has 0 bridgehead atoms. The second-order valence-corrected chi connectivity index (χ2v) is 9.84. The van der Waals surface area contributed by atoms with Crippen LogP contribution in [0, 0.1) is 18.6 Å². The highest BCUT2D eigenvalue weighted by Gasteiger charge is 2.34. The largest absolute Gasteiger partial charge is 0.353 e. The fourth-order valence-corrected chi connectivity index (χ4v) is 4.51. The van der Waals surface area contributed by atoms with Crippen LogP contribution in [-0.2, 0) is 6.54 Å². The standard InChI is InChI=1S/C30H29F2N7O2/c1-18-12-13-19(28(40)35-20-8-5-4-6-9-20)16-21(18)25-22-17-34-30(41)39(26-23(31)10-7-11-24(26)32)27(22)37-29(36-25)33-14-15-38(2)3/h4-13,16H,14-15,17H2,1-3H3,(H,34,41)(H,35,40)(H,33,36,37). The molecule has 4 aromatic rings. The van der Waals surface area contributed by atoms with Crippen LogP contribution in [0.2, 0.25) is 0 Å². The molecule has 0 unspecified atom stereocenters. The van der Waals surface area contributed by atoms with Gasteiger partial charge in [0, 0.05) is 35.5 Å². The first-order valence-corrected chi connectivity index (χ1v) is 13.0. The predicted molar refractivity (Wildman–Crippen MR) is 154 cm³/mol. The molecule has 0 saturated heterocycles. The van der Waals surface area contributed by atoms with Crippen molar-refractivity contribution in [1.82, 2.24) is 20.2 Å². The molecule has 1 aromatic heterocycles. The van der Waals surface area contributed by atoms with Gasteiger partial charge in [-0.25, -0.2) is 23.5 Å².